The zero-order chi connectivity index (χ0) is 12.3. The molecule has 5 heteroatoms. The molecule has 0 aliphatic heterocycles. The minimum absolute atomic E-state index is 0.0928. The van der Waals surface area contributed by atoms with Crippen molar-refractivity contribution in [2.24, 2.45) is 0 Å². The summed E-state index contributed by atoms with van der Waals surface area (Å²) in [5.74, 6) is -0.0928. The third-order valence-electron chi connectivity index (χ3n) is 2.51. The van der Waals surface area contributed by atoms with Gasteiger partial charge in [0.25, 0.3) is 0 Å². The van der Waals surface area contributed by atoms with Crippen LogP contribution in [0.1, 0.15) is 19.8 Å². The van der Waals surface area contributed by atoms with Crippen LogP contribution < -0.4 is 5.32 Å². The number of carbonyl (C=O) groups is 1. The molecule has 0 fully saturated rings. The van der Waals surface area contributed by atoms with Crippen LogP contribution in [0.25, 0.3) is 10.9 Å². The van der Waals surface area contributed by atoms with Gasteiger partial charge in [0.2, 0.25) is 5.91 Å². The number of fused-ring (bicyclic) bond motifs is 1. The Balaban J connectivity index is 2.00. The number of hydrogen-bond acceptors (Lipinski definition) is 3. The van der Waals surface area contributed by atoms with Gasteiger partial charge in [-0.3, -0.25) is 9.89 Å². The molecule has 1 aromatic carbocycles. The van der Waals surface area contributed by atoms with Gasteiger partial charge in [0, 0.05) is 17.5 Å². The monoisotopic (exact) mass is 233 g/mol. The second-order valence-electron chi connectivity index (χ2n) is 4.11. The van der Waals surface area contributed by atoms with Crippen molar-refractivity contribution in [1.82, 2.24) is 10.2 Å². The lowest BCUT2D eigenvalue weighted by atomic mass is 10.2. The lowest BCUT2D eigenvalue weighted by molar-refractivity contribution is -0.116. The highest BCUT2D eigenvalue weighted by molar-refractivity contribution is 5.93. The molecule has 1 heterocycles. The molecule has 0 radical (unpaired) electrons. The number of hydrogen-bond donors (Lipinski definition) is 3. The molecular weight excluding hydrogens is 218 g/mol. The third kappa shape index (κ3) is 3.04. The van der Waals surface area contributed by atoms with Crippen LogP contribution in [0, 0.1) is 0 Å². The average Bonchev–Trinajstić information content (AvgIpc) is 2.73. The molecule has 0 saturated carbocycles. The number of benzene rings is 1. The smallest absolute Gasteiger partial charge is 0.224 e. The number of aromatic amines is 1. The van der Waals surface area contributed by atoms with Crippen LogP contribution in [-0.4, -0.2) is 27.3 Å². The molecule has 3 N–H and O–H groups in total. The second-order valence-corrected chi connectivity index (χ2v) is 4.11. The highest BCUT2D eigenvalue weighted by Gasteiger charge is 2.05. The van der Waals surface area contributed by atoms with Crippen molar-refractivity contribution < 1.29 is 9.90 Å². The normalized spacial score (nSPS) is 12.6. The van der Waals surface area contributed by atoms with E-state index in [1.165, 1.54) is 0 Å². The van der Waals surface area contributed by atoms with Crippen LogP contribution in [0.15, 0.2) is 24.4 Å². The highest BCUT2D eigenvalue weighted by atomic mass is 16.3. The molecule has 0 spiro atoms. The first kappa shape index (κ1) is 11.6. The number of carbonyl (C=O) groups excluding carboxylic acids is 1. The summed E-state index contributed by atoms with van der Waals surface area (Å²) in [4.78, 5) is 11.5. The first-order valence-corrected chi connectivity index (χ1v) is 5.56. The summed E-state index contributed by atoms with van der Waals surface area (Å²) < 4.78 is 0. The Hall–Kier alpha value is -1.88. The van der Waals surface area contributed by atoms with Gasteiger partial charge < -0.3 is 10.4 Å². The van der Waals surface area contributed by atoms with E-state index in [0.29, 0.717) is 12.8 Å². The average molecular weight is 233 g/mol. The van der Waals surface area contributed by atoms with Crippen LogP contribution in [0.2, 0.25) is 0 Å². The number of aliphatic hydroxyl groups excluding tert-OH is 1. The van der Waals surface area contributed by atoms with E-state index in [0.717, 1.165) is 16.6 Å². The quantitative estimate of drug-likeness (QED) is 0.751. The van der Waals surface area contributed by atoms with Crippen LogP contribution in [-0.2, 0) is 4.79 Å². The molecule has 17 heavy (non-hydrogen) atoms. The first-order valence-electron chi connectivity index (χ1n) is 5.56. The van der Waals surface area contributed by atoms with E-state index in [1.54, 1.807) is 13.1 Å². The van der Waals surface area contributed by atoms with Gasteiger partial charge in [-0.1, -0.05) is 0 Å². The Labute approximate surface area is 98.8 Å². The first-order chi connectivity index (χ1) is 8.15. The van der Waals surface area contributed by atoms with E-state index in [2.05, 4.69) is 15.5 Å². The van der Waals surface area contributed by atoms with Crippen molar-refractivity contribution in [3.63, 3.8) is 0 Å². The zero-order valence-corrected chi connectivity index (χ0v) is 9.60. The predicted octanol–water partition coefficient (Wildman–Crippen LogP) is 1.66. The van der Waals surface area contributed by atoms with Crippen molar-refractivity contribution in [2.45, 2.75) is 25.9 Å². The number of amides is 1. The number of aromatic nitrogens is 2. The maximum Gasteiger partial charge on any atom is 0.224 e. The molecule has 2 rings (SSSR count). The van der Waals surface area contributed by atoms with Crippen LogP contribution in [0.3, 0.4) is 0 Å². The minimum atomic E-state index is -0.448. The molecule has 90 valence electrons. The predicted molar refractivity (Wildman–Crippen MR) is 65.6 cm³/mol. The number of H-pyrrole nitrogens is 1. The van der Waals surface area contributed by atoms with E-state index < -0.39 is 6.10 Å². The number of rotatable bonds is 4. The second kappa shape index (κ2) is 4.97. The van der Waals surface area contributed by atoms with Gasteiger partial charge in [-0.2, -0.15) is 5.10 Å². The van der Waals surface area contributed by atoms with Gasteiger partial charge in [0.1, 0.15) is 0 Å². The van der Waals surface area contributed by atoms with Crippen molar-refractivity contribution in [3.05, 3.63) is 24.4 Å². The summed E-state index contributed by atoms with van der Waals surface area (Å²) in [7, 11) is 0. The molecule has 0 saturated heterocycles. The maximum absolute atomic E-state index is 11.5. The fourth-order valence-corrected chi connectivity index (χ4v) is 1.58. The molecule has 1 amide bonds. The number of nitrogens with one attached hydrogen (secondary N) is 2. The number of anilines is 1. The highest BCUT2D eigenvalue weighted by Crippen LogP contribution is 2.16. The Morgan fingerprint density at radius 3 is 3.18 bits per heavy atom. The van der Waals surface area contributed by atoms with Gasteiger partial charge >= 0.3 is 0 Å². The van der Waals surface area contributed by atoms with Crippen molar-refractivity contribution in [2.75, 3.05) is 5.32 Å². The van der Waals surface area contributed by atoms with Gasteiger partial charge in [0.05, 0.1) is 17.8 Å². The molecule has 1 aromatic heterocycles. The van der Waals surface area contributed by atoms with Crippen molar-refractivity contribution in [1.29, 1.82) is 0 Å². The van der Waals surface area contributed by atoms with Gasteiger partial charge in [-0.25, -0.2) is 0 Å². The summed E-state index contributed by atoms with van der Waals surface area (Å²) in [6.07, 6.45) is 2.07. The summed E-state index contributed by atoms with van der Waals surface area (Å²) in [5, 5.41) is 19.6. The standard InChI is InChI=1S/C12H15N3O2/c1-8(16)2-5-12(17)14-10-4-3-9-7-13-15-11(9)6-10/h3-4,6-8,16H,2,5H2,1H3,(H,13,15)(H,14,17). The van der Waals surface area contributed by atoms with Crippen molar-refractivity contribution >= 4 is 22.5 Å². The molecule has 2 aromatic rings. The summed E-state index contributed by atoms with van der Waals surface area (Å²) in [6.45, 7) is 1.67. The fraction of sp³-hybridized carbons (Fsp3) is 0.333. The van der Waals surface area contributed by atoms with Gasteiger partial charge in [0.15, 0.2) is 0 Å². The Morgan fingerprint density at radius 1 is 1.59 bits per heavy atom. The molecular formula is C12H15N3O2. The molecule has 0 aliphatic rings. The lowest BCUT2D eigenvalue weighted by Crippen LogP contribution is -2.13. The molecule has 0 bridgehead atoms. The Kier molecular flexibility index (Phi) is 3.39. The fourth-order valence-electron chi connectivity index (χ4n) is 1.58. The summed E-state index contributed by atoms with van der Waals surface area (Å²) >= 11 is 0. The van der Waals surface area contributed by atoms with E-state index in [-0.39, 0.29) is 5.91 Å². The molecule has 1 atom stereocenters. The van der Waals surface area contributed by atoms with Gasteiger partial charge in [-0.05, 0) is 31.5 Å². The van der Waals surface area contributed by atoms with E-state index in [1.807, 2.05) is 18.2 Å². The topological polar surface area (TPSA) is 78.0 Å². The van der Waals surface area contributed by atoms with Crippen molar-refractivity contribution in [3.8, 4) is 0 Å². The lowest BCUT2D eigenvalue weighted by Gasteiger charge is -2.06. The van der Waals surface area contributed by atoms with Crippen LogP contribution in [0.4, 0.5) is 5.69 Å². The molecule has 5 nitrogen and oxygen atoms in total. The van der Waals surface area contributed by atoms with E-state index in [9.17, 15) is 4.79 Å². The number of aliphatic hydroxyl groups is 1. The van der Waals surface area contributed by atoms with E-state index >= 15 is 0 Å². The maximum atomic E-state index is 11.5. The number of nitrogens with zero attached hydrogens (tertiary/aromatic N) is 1. The minimum Gasteiger partial charge on any atom is -0.393 e. The zero-order valence-electron chi connectivity index (χ0n) is 9.60. The van der Waals surface area contributed by atoms with Gasteiger partial charge in [-0.15, -0.1) is 0 Å². The van der Waals surface area contributed by atoms with E-state index in [4.69, 9.17) is 5.11 Å². The molecule has 0 aliphatic carbocycles. The summed E-state index contributed by atoms with van der Waals surface area (Å²) in [6, 6.07) is 5.56. The summed E-state index contributed by atoms with van der Waals surface area (Å²) in [5.41, 5.74) is 1.62. The Morgan fingerprint density at radius 2 is 2.41 bits per heavy atom. The SMILES string of the molecule is CC(O)CCC(=O)Nc1ccc2cn[nH]c2c1. The van der Waals surface area contributed by atoms with Crippen LogP contribution in [0.5, 0.6) is 0 Å². The Bertz CT molecular complexity index is 519. The molecule has 1 unspecified atom stereocenters. The largest absolute Gasteiger partial charge is 0.393 e. The van der Waals surface area contributed by atoms with Crippen LogP contribution >= 0.6 is 0 Å². The third-order valence-corrected chi connectivity index (χ3v) is 2.51.